The minimum Gasteiger partial charge on any atom is -0.279 e. The minimum absolute atomic E-state index is 0.144. The third-order valence-corrected chi connectivity index (χ3v) is 12.0. The second-order valence-corrected chi connectivity index (χ2v) is 15.0. The Morgan fingerprint density at radius 2 is 0.865 bits per heavy atom. The number of para-hydroxylation sites is 1. The van der Waals surface area contributed by atoms with Crippen LogP contribution in [0.5, 0.6) is 0 Å². The highest BCUT2D eigenvalue weighted by molar-refractivity contribution is 5.96. The van der Waals surface area contributed by atoms with E-state index in [2.05, 4.69) is 183 Å². The van der Waals surface area contributed by atoms with Crippen LogP contribution in [0.25, 0.3) is 44.3 Å². The molecule has 0 amide bonds. The predicted molar refractivity (Wildman–Crippen MR) is 213 cm³/mol. The zero-order chi connectivity index (χ0) is 34.8. The normalized spacial score (nSPS) is 14.8. The lowest BCUT2D eigenvalue weighted by atomic mass is 9.70. The summed E-state index contributed by atoms with van der Waals surface area (Å²) in [7, 11) is 0. The Balaban J connectivity index is 1.19. The van der Waals surface area contributed by atoms with Crippen molar-refractivity contribution in [2.75, 3.05) is 4.90 Å². The molecule has 0 atom stereocenters. The van der Waals surface area contributed by atoms with E-state index in [1.54, 1.807) is 0 Å². The molecule has 52 heavy (non-hydrogen) atoms. The predicted octanol–water partition coefficient (Wildman–Crippen LogP) is 12.1. The van der Waals surface area contributed by atoms with Gasteiger partial charge in [0.25, 0.3) is 0 Å². The molecule has 1 aromatic heterocycles. The van der Waals surface area contributed by atoms with Gasteiger partial charge in [-0.05, 0) is 104 Å². The second kappa shape index (κ2) is 10.4. The molecule has 0 unspecified atom stereocenters. The summed E-state index contributed by atoms with van der Waals surface area (Å²) in [6.45, 7) is 6.77. The summed E-state index contributed by atoms with van der Waals surface area (Å²) in [6, 6.07) is 58.1. The number of aryl methyl sites for hydroxylation is 1. The van der Waals surface area contributed by atoms with Gasteiger partial charge in [0.1, 0.15) is 0 Å². The van der Waals surface area contributed by atoms with Crippen molar-refractivity contribution in [1.29, 1.82) is 0 Å². The first-order valence-corrected chi connectivity index (χ1v) is 18.2. The van der Waals surface area contributed by atoms with Gasteiger partial charge >= 0.3 is 0 Å². The number of anilines is 3. The van der Waals surface area contributed by atoms with E-state index in [1.165, 1.54) is 66.8 Å². The summed E-state index contributed by atoms with van der Waals surface area (Å²) in [5.41, 5.74) is 19.1. The van der Waals surface area contributed by atoms with Crippen LogP contribution < -0.4 is 4.90 Å². The van der Waals surface area contributed by atoms with Gasteiger partial charge in [0.15, 0.2) is 0 Å². The molecule has 0 fully saturated rings. The largest absolute Gasteiger partial charge is 0.279 e. The van der Waals surface area contributed by atoms with Crippen LogP contribution in [-0.2, 0) is 10.8 Å². The fraction of sp³-hybridized carbons (Fsp3) is 0.102. The first kappa shape index (κ1) is 29.4. The molecule has 3 nitrogen and oxygen atoms in total. The van der Waals surface area contributed by atoms with Crippen molar-refractivity contribution in [3.8, 4) is 33.4 Å². The standard InChI is InChI=1S/C49H35N3/c1-30-33-14-8-13-23-46(33)51-47(50-30)52(31-24-26-38-34-15-4-9-19-40(34)48(2,3)44(38)28-31)32-25-27-39-37-18-7-12-22-43(37)49(45(39)29-32)41-20-10-5-16-35(41)36-17-6-11-21-42(36)49/h4-29H,1-3H3. The molecule has 1 spiro atoms. The first-order chi connectivity index (χ1) is 25.5. The molecule has 0 aliphatic heterocycles. The maximum absolute atomic E-state index is 5.27. The summed E-state index contributed by atoms with van der Waals surface area (Å²) < 4.78 is 0. The Hall–Kier alpha value is -6.32. The van der Waals surface area contributed by atoms with Crippen LogP contribution >= 0.6 is 0 Å². The van der Waals surface area contributed by atoms with E-state index in [0.717, 1.165) is 28.0 Å². The number of benzene rings is 7. The van der Waals surface area contributed by atoms with Crippen LogP contribution in [0, 0.1) is 6.92 Å². The van der Waals surface area contributed by atoms with E-state index in [4.69, 9.17) is 9.97 Å². The van der Waals surface area contributed by atoms with E-state index in [1.807, 2.05) is 0 Å². The number of hydrogen-bond acceptors (Lipinski definition) is 3. The molecule has 0 bridgehead atoms. The van der Waals surface area contributed by atoms with Crippen molar-refractivity contribution < 1.29 is 0 Å². The van der Waals surface area contributed by atoms with Crippen molar-refractivity contribution in [1.82, 2.24) is 9.97 Å². The van der Waals surface area contributed by atoms with Crippen LogP contribution in [0.2, 0.25) is 0 Å². The van der Waals surface area contributed by atoms with Crippen LogP contribution in [0.1, 0.15) is 52.9 Å². The van der Waals surface area contributed by atoms with Crippen molar-refractivity contribution in [2.24, 2.45) is 0 Å². The van der Waals surface area contributed by atoms with Crippen molar-refractivity contribution in [2.45, 2.75) is 31.6 Å². The minimum atomic E-state index is -0.442. The average Bonchev–Trinajstić information content (AvgIpc) is 3.74. The van der Waals surface area contributed by atoms with Crippen LogP contribution in [0.3, 0.4) is 0 Å². The molecule has 0 saturated heterocycles. The quantitative estimate of drug-likeness (QED) is 0.188. The molecule has 7 aromatic carbocycles. The molecular formula is C49H35N3. The zero-order valence-corrected chi connectivity index (χ0v) is 29.4. The number of nitrogens with zero attached hydrogens (tertiary/aromatic N) is 3. The molecule has 246 valence electrons. The van der Waals surface area contributed by atoms with Gasteiger partial charge in [0.05, 0.1) is 16.6 Å². The maximum atomic E-state index is 5.27. The monoisotopic (exact) mass is 665 g/mol. The highest BCUT2D eigenvalue weighted by Crippen LogP contribution is 2.63. The fourth-order valence-electron chi connectivity index (χ4n) is 9.75. The number of aromatic nitrogens is 2. The summed E-state index contributed by atoms with van der Waals surface area (Å²) >= 11 is 0. The highest BCUT2D eigenvalue weighted by Gasteiger charge is 2.51. The number of rotatable bonds is 3. The van der Waals surface area contributed by atoms with Gasteiger partial charge in [0.2, 0.25) is 5.95 Å². The van der Waals surface area contributed by atoms with E-state index in [0.29, 0.717) is 5.95 Å². The molecule has 3 heteroatoms. The molecule has 0 N–H and O–H groups in total. The fourth-order valence-corrected chi connectivity index (χ4v) is 9.75. The van der Waals surface area contributed by atoms with Crippen LogP contribution in [-0.4, -0.2) is 9.97 Å². The van der Waals surface area contributed by atoms with Gasteiger partial charge in [0, 0.05) is 22.2 Å². The first-order valence-electron chi connectivity index (χ1n) is 18.2. The Morgan fingerprint density at radius 3 is 1.46 bits per heavy atom. The van der Waals surface area contributed by atoms with Gasteiger partial charge in [-0.3, -0.25) is 4.90 Å². The lowest BCUT2D eigenvalue weighted by Crippen LogP contribution is -2.26. The Bertz CT molecular complexity index is 2750. The highest BCUT2D eigenvalue weighted by atomic mass is 15.3. The van der Waals surface area contributed by atoms with Crippen molar-refractivity contribution in [3.05, 3.63) is 197 Å². The Kier molecular flexibility index (Phi) is 5.86. The molecule has 3 aliphatic rings. The van der Waals surface area contributed by atoms with Gasteiger partial charge < -0.3 is 0 Å². The summed E-state index contributed by atoms with van der Waals surface area (Å²) in [6.07, 6.45) is 0. The van der Waals surface area contributed by atoms with Crippen molar-refractivity contribution >= 4 is 28.2 Å². The topological polar surface area (TPSA) is 29.0 Å². The Labute approximate surface area is 303 Å². The summed E-state index contributed by atoms with van der Waals surface area (Å²) in [5.74, 6) is 0.668. The van der Waals surface area contributed by atoms with Gasteiger partial charge in [-0.15, -0.1) is 0 Å². The maximum Gasteiger partial charge on any atom is 0.235 e. The van der Waals surface area contributed by atoms with E-state index in [9.17, 15) is 0 Å². The SMILES string of the molecule is Cc1nc(N(c2ccc3c(c2)C(C)(C)c2ccccc2-3)c2ccc3c(c2)C2(c4ccccc4-c4ccccc42)c2ccccc2-3)nc2ccccc12. The number of hydrogen-bond donors (Lipinski definition) is 0. The van der Waals surface area contributed by atoms with Crippen molar-refractivity contribution in [3.63, 3.8) is 0 Å². The van der Waals surface area contributed by atoms with E-state index in [-0.39, 0.29) is 5.41 Å². The third kappa shape index (κ3) is 3.70. The average molecular weight is 666 g/mol. The third-order valence-electron chi connectivity index (χ3n) is 12.0. The second-order valence-electron chi connectivity index (χ2n) is 15.0. The van der Waals surface area contributed by atoms with E-state index >= 15 is 0 Å². The van der Waals surface area contributed by atoms with Crippen LogP contribution in [0.4, 0.5) is 17.3 Å². The zero-order valence-electron chi connectivity index (χ0n) is 29.4. The summed E-state index contributed by atoms with van der Waals surface area (Å²) in [4.78, 5) is 12.8. The molecule has 0 radical (unpaired) electrons. The smallest absolute Gasteiger partial charge is 0.235 e. The van der Waals surface area contributed by atoms with Gasteiger partial charge in [-0.25, -0.2) is 9.97 Å². The van der Waals surface area contributed by atoms with Gasteiger partial charge in [-0.1, -0.05) is 141 Å². The molecule has 8 aromatic rings. The molecule has 11 rings (SSSR count). The van der Waals surface area contributed by atoms with Gasteiger partial charge in [-0.2, -0.15) is 0 Å². The molecular weight excluding hydrogens is 631 g/mol. The Morgan fingerprint density at radius 1 is 0.423 bits per heavy atom. The lowest BCUT2D eigenvalue weighted by Gasteiger charge is -2.32. The molecule has 0 saturated carbocycles. The molecule has 3 aliphatic carbocycles. The summed E-state index contributed by atoms with van der Waals surface area (Å²) in [5, 5.41) is 1.07. The van der Waals surface area contributed by atoms with Crippen LogP contribution in [0.15, 0.2) is 158 Å². The molecule has 1 heterocycles. The number of fused-ring (bicyclic) bond motifs is 14. The lowest BCUT2D eigenvalue weighted by molar-refractivity contribution is 0.660. The van der Waals surface area contributed by atoms with E-state index < -0.39 is 5.41 Å².